The summed E-state index contributed by atoms with van der Waals surface area (Å²) >= 11 is 0. The Labute approximate surface area is 78.6 Å². The molecule has 0 saturated carbocycles. The smallest absolute Gasteiger partial charge is 0.207 e. The Bertz CT molecular complexity index is 442. The predicted molar refractivity (Wildman–Crippen MR) is 44.1 cm³/mol. The zero-order valence-corrected chi connectivity index (χ0v) is 8.09. The van der Waals surface area contributed by atoms with E-state index in [0.717, 1.165) is 19.1 Å². The van der Waals surface area contributed by atoms with Crippen molar-refractivity contribution in [3.8, 4) is 0 Å². The predicted octanol–water partition coefficient (Wildman–Crippen LogP) is 2.20. The van der Waals surface area contributed by atoms with E-state index in [1.54, 1.807) is 0 Å². The summed E-state index contributed by atoms with van der Waals surface area (Å²) in [5.41, 5.74) is -0.310. The second-order valence-corrected chi connectivity index (χ2v) is 4.96. The van der Waals surface area contributed by atoms with Crippen LogP contribution in [-0.4, -0.2) is 8.42 Å². The van der Waals surface area contributed by atoms with Gasteiger partial charge in [-0.15, -0.1) is 0 Å². The molecule has 1 aromatic carbocycles. The molecule has 0 unspecified atom stereocenters. The first kappa shape index (κ1) is 10.4. The van der Waals surface area contributed by atoms with Gasteiger partial charge in [0.25, 0.3) is 9.05 Å². The van der Waals surface area contributed by atoms with E-state index < -0.39 is 25.6 Å². The summed E-state index contributed by atoms with van der Waals surface area (Å²) in [5.74, 6) is -2.29. The fourth-order valence-electron chi connectivity index (χ4n) is 0.898. The minimum atomic E-state index is -4.01. The van der Waals surface area contributed by atoms with Crippen LogP contribution in [0.5, 0.6) is 0 Å². The van der Waals surface area contributed by atoms with Crippen molar-refractivity contribution >= 4 is 19.7 Å². The molecular formula is C7H5ClF2O2S. The van der Waals surface area contributed by atoms with Gasteiger partial charge >= 0.3 is 0 Å². The Morgan fingerprint density at radius 2 is 1.85 bits per heavy atom. The summed E-state index contributed by atoms with van der Waals surface area (Å²) in [5, 5.41) is 0. The monoisotopic (exact) mass is 226 g/mol. The van der Waals surface area contributed by atoms with Crippen LogP contribution >= 0.6 is 10.7 Å². The molecule has 0 radical (unpaired) electrons. The Morgan fingerprint density at radius 1 is 1.31 bits per heavy atom. The molecule has 0 saturated heterocycles. The Hall–Kier alpha value is -0.680. The van der Waals surface area contributed by atoms with Gasteiger partial charge in [0.2, 0.25) is 0 Å². The van der Waals surface area contributed by atoms with Gasteiger partial charge in [-0.3, -0.25) is 0 Å². The quantitative estimate of drug-likeness (QED) is 0.688. The molecule has 0 aliphatic heterocycles. The molecule has 1 aromatic rings. The molecule has 0 bridgehead atoms. The maximum atomic E-state index is 12.8. The Kier molecular flexibility index (Phi) is 2.58. The first-order valence-electron chi connectivity index (χ1n) is 3.23. The van der Waals surface area contributed by atoms with Crippen LogP contribution in [-0.2, 0) is 9.05 Å². The van der Waals surface area contributed by atoms with Gasteiger partial charge in [-0.05, 0) is 19.1 Å². The molecule has 0 aliphatic rings. The summed E-state index contributed by atoms with van der Waals surface area (Å²) in [6.45, 7) is 1.15. The number of benzene rings is 1. The van der Waals surface area contributed by atoms with E-state index in [2.05, 4.69) is 0 Å². The molecule has 0 fully saturated rings. The van der Waals surface area contributed by atoms with E-state index in [0.29, 0.717) is 0 Å². The number of rotatable bonds is 1. The molecule has 72 valence electrons. The third-order valence-corrected chi connectivity index (χ3v) is 3.02. The summed E-state index contributed by atoms with van der Waals surface area (Å²) < 4.78 is 46.9. The molecule has 6 heteroatoms. The van der Waals surface area contributed by atoms with Crippen molar-refractivity contribution in [1.82, 2.24) is 0 Å². The zero-order chi connectivity index (χ0) is 10.2. The third kappa shape index (κ3) is 1.97. The molecule has 0 spiro atoms. The van der Waals surface area contributed by atoms with Crippen LogP contribution in [0.2, 0.25) is 0 Å². The molecule has 0 aromatic heterocycles. The lowest BCUT2D eigenvalue weighted by molar-refractivity contribution is 0.498. The second-order valence-electron chi connectivity index (χ2n) is 2.42. The first-order chi connectivity index (χ1) is 5.84. The highest BCUT2D eigenvalue weighted by molar-refractivity contribution is 8.13. The van der Waals surface area contributed by atoms with Crippen molar-refractivity contribution in [3.63, 3.8) is 0 Å². The van der Waals surface area contributed by atoms with Gasteiger partial charge in [0.15, 0.2) is 11.6 Å². The average molecular weight is 227 g/mol. The van der Waals surface area contributed by atoms with Gasteiger partial charge in [0.1, 0.15) is 0 Å². The fraction of sp³-hybridized carbons (Fsp3) is 0.143. The molecule has 0 atom stereocenters. The van der Waals surface area contributed by atoms with E-state index in [4.69, 9.17) is 10.7 Å². The van der Waals surface area contributed by atoms with E-state index in [1.807, 2.05) is 0 Å². The number of hydrogen-bond donors (Lipinski definition) is 0. The van der Waals surface area contributed by atoms with Crippen LogP contribution in [0.1, 0.15) is 5.56 Å². The molecule has 0 aliphatic carbocycles. The lowest BCUT2D eigenvalue weighted by atomic mass is 10.2. The lowest BCUT2D eigenvalue weighted by Gasteiger charge is -2.02. The van der Waals surface area contributed by atoms with Crippen molar-refractivity contribution in [2.75, 3.05) is 0 Å². The van der Waals surface area contributed by atoms with E-state index in [-0.39, 0.29) is 5.56 Å². The van der Waals surface area contributed by atoms with Gasteiger partial charge in [0, 0.05) is 16.2 Å². The zero-order valence-electron chi connectivity index (χ0n) is 6.51. The number of halogens is 3. The third-order valence-electron chi connectivity index (χ3n) is 1.55. The molecule has 0 amide bonds. The van der Waals surface area contributed by atoms with Crippen molar-refractivity contribution in [1.29, 1.82) is 0 Å². The molecule has 2 nitrogen and oxygen atoms in total. The van der Waals surface area contributed by atoms with Crippen molar-refractivity contribution in [3.05, 3.63) is 29.3 Å². The second kappa shape index (κ2) is 3.23. The standard InChI is InChI=1S/C7H5ClF2O2S/c1-4-6(13(8,11)12)3-2-5(9)7(4)10/h2-3H,1H3. The van der Waals surface area contributed by atoms with Crippen LogP contribution in [0.3, 0.4) is 0 Å². The topological polar surface area (TPSA) is 34.1 Å². The van der Waals surface area contributed by atoms with Crippen LogP contribution in [0.25, 0.3) is 0 Å². The lowest BCUT2D eigenvalue weighted by Crippen LogP contribution is -1.99. The van der Waals surface area contributed by atoms with Crippen molar-refractivity contribution in [2.45, 2.75) is 11.8 Å². The van der Waals surface area contributed by atoms with Crippen molar-refractivity contribution in [2.24, 2.45) is 0 Å². The molecule has 0 N–H and O–H groups in total. The normalized spacial score (nSPS) is 11.7. The first-order valence-corrected chi connectivity index (χ1v) is 5.54. The van der Waals surface area contributed by atoms with Crippen LogP contribution < -0.4 is 0 Å². The average Bonchev–Trinajstić information content (AvgIpc) is 1.98. The van der Waals surface area contributed by atoms with Gasteiger partial charge < -0.3 is 0 Å². The largest absolute Gasteiger partial charge is 0.261 e. The van der Waals surface area contributed by atoms with Crippen molar-refractivity contribution < 1.29 is 17.2 Å². The van der Waals surface area contributed by atoms with Gasteiger partial charge in [-0.2, -0.15) is 0 Å². The van der Waals surface area contributed by atoms with Crippen LogP contribution in [0.4, 0.5) is 8.78 Å². The van der Waals surface area contributed by atoms with Crippen LogP contribution in [0, 0.1) is 18.6 Å². The molecular weight excluding hydrogens is 222 g/mol. The molecule has 13 heavy (non-hydrogen) atoms. The minimum Gasteiger partial charge on any atom is -0.207 e. The SMILES string of the molecule is Cc1c(S(=O)(=O)Cl)ccc(F)c1F. The fourth-order valence-corrected chi connectivity index (χ4v) is 2.09. The highest BCUT2D eigenvalue weighted by atomic mass is 35.7. The van der Waals surface area contributed by atoms with Gasteiger partial charge in [-0.1, -0.05) is 0 Å². The highest BCUT2D eigenvalue weighted by Crippen LogP contribution is 2.22. The maximum Gasteiger partial charge on any atom is 0.261 e. The van der Waals surface area contributed by atoms with Gasteiger partial charge in [-0.25, -0.2) is 17.2 Å². The van der Waals surface area contributed by atoms with Gasteiger partial charge in [0.05, 0.1) is 4.90 Å². The molecule has 1 rings (SSSR count). The Morgan fingerprint density at radius 3 is 2.31 bits per heavy atom. The molecule has 0 heterocycles. The van der Waals surface area contributed by atoms with E-state index >= 15 is 0 Å². The maximum absolute atomic E-state index is 12.8. The highest BCUT2D eigenvalue weighted by Gasteiger charge is 2.18. The van der Waals surface area contributed by atoms with E-state index in [1.165, 1.54) is 0 Å². The summed E-state index contributed by atoms with van der Waals surface area (Å²) in [7, 11) is 0.964. The summed E-state index contributed by atoms with van der Waals surface area (Å²) in [4.78, 5) is -0.409. The minimum absolute atomic E-state index is 0.310. The summed E-state index contributed by atoms with van der Waals surface area (Å²) in [6, 6.07) is 1.65. The Balaban J connectivity index is 3.53. The number of hydrogen-bond acceptors (Lipinski definition) is 2. The van der Waals surface area contributed by atoms with E-state index in [9.17, 15) is 17.2 Å². The summed E-state index contributed by atoms with van der Waals surface area (Å²) in [6.07, 6.45) is 0. The van der Waals surface area contributed by atoms with Crippen LogP contribution in [0.15, 0.2) is 17.0 Å².